The average molecular weight is 1510 g/mol. The second-order valence-corrected chi connectivity index (χ2v) is 29.6. The smallest absolute Gasteiger partial charge is 0.222 e. The van der Waals surface area contributed by atoms with Crippen LogP contribution in [0.4, 0.5) is 0 Å². The van der Waals surface area contributed by atoms with Crippen molar-refractivity contribution in [3.05, 3.63) is 0 Å². The van der Waals surface area contributed by atoms with Crippen molar-refractivity contribution in [2.45, 2.75) is 271 Å². The highest BCUT2D eigenvalue weighted by molar-refractivity contribution is 5.77. The molecular formula is C84H162N6O16. The van der Waals surface area contributed by atoms with Crippen molar-refractivity contribution in [2.24, 2.45) is 0 Å². The lowest BCUT2D eigenvalue weighted by atomic mass is 10.1. The number of unbranched alkanes of at least 4 members (excludes halogenated alkanes) is 32. The third-order valence-electron chi connectivity index (χ3n) is 20.6. The van der Waals surface area contributed by atoms with E-state index in [0.29, 0.717) is 237 Å². The van der Waals surface area contributed by atoms with Crippen LogP contribution in [-0.2, 0) is 76.0 Å². The third kappa shape index (κ3) is 61.0. The first kappa shape index (κ1) is 97.5. The van der Waals surface area contributed by atoms with Crippen molar-refractivity contribution >= 4 is 23.6 Å². The summed E-state index contributed by atoms with van der Waals surface area (Å²) in [6.45, 7) is 27.0. The van der Waals surface area contributed by atoms with Crippen LogP contribution in [0.5, 0.6) is 0 Å². The molecule has 0 aromatic carbocycles. The minimum absolute atomic E-state index is 0.165. The maximum absolute atomic E-state index is 13.3. The van der Waals surface area contributed by atoms with Gasteiger partial charge in [-0.05, 0) is 51.6 Å². The van der Waals surface area contributed by atoms with Gasteiger partial charge in [-0.2, -0.15) is 0 Å². The highest BCUT2D eigenvalue weighted by Crippen LogP contribution is 2.17. The number of carbonyl (C=O) groups excluding carboxylic acids is 4. The zero-order chi connectivity index (χ0) is 75.4. The van der Waals surface area contributed by atoms with Crippen molar-refractivity contribution in [1.82, 2.24) is 29.4 Å². The number of carbonyl (C=O) groups is 4. The van der Waals surface area contributed by atoms with E-state index in [4.69, 9.17) is 56.8 Å². The SMILES string of the molecule is CCCCCCCCCCCC(=O)N1CCOCCOCCN(C(=O)CCCCCCCCCCCN2CCOCCOCCN(CCCCCCCCCCCC(=O)N3CCOCCOCCN(C(=O)CCCCCCCCCCC)CCOCCOCC3)CCOCCOCC2)CCOCCOCC1. The Morgan fingerprint density at radius 1 is 0.179 bits per heavy atom. The summed E-state index contributed by atoms with van der Waals surface area (Å²) in [5.74, 6) is 0.685. The Bertz CT molecular complexity index is 1750. The molecule has 0 bridgehead atoms. The monoisotopic (exact) mass is 1510 g/mol. The Morgan fingerprint density at radius 3 is 0.491 bits per heavy atom. The molecule has 22 nitrogen and oxygen atoms in total. The van der Waals surface area contributed by atoms with Gasteiger partial charge in [0.15, 0.2) is 0 Å². The van der Waals surface area contributed by atoms with Crippen LogP contribution in [-0.4, -0.2) is 303 Å². The van der Waals surface area contributed by atoms with Gasteiger partial charge >= 0.3 is 0 Å². The van der Waals surface area contributed by atoms with Crippen LogP contribution in [0.25, 0.3) is 0 Å². The highest BCUT2D eigenvalue weighted by Gasteiger charge is 2.19. The van der Waals surface area contributed by atoms with Gasteiger partial charge < -0.3 is 76.4 Å². The zero-order valence-corrected chi connectivity index (χ0v) is 68.4. The number of hydrogen-bond acceptors (Lipinski definition) is 18. The second kappa shape index (κ2) is 76.3. The van der Waals surface area contributed by atoms with E-state index in [0.717, 1.165) is 103 Å². The first-order valence-electron chi connectivity index (χ1n) is 43.9. The minimum Gasteiger partial charge on any atom is -0.378 e. The Hall–Kier alpha value is -2.68. The minimum atomic E-state index is 0.165. The van der Waals surface area contributed by atoms with Crippen molar-refractivity contribution in [1.29, 1.82) is 0 Å². The van der Waals surface area contributed by atoms with E-state index in [-0.39, 0.29) is 23.6 Å². The number of hydrogen-bond donors (Lipinski definition) is 0. The van der Waals surface area contributed by atoms with E-state index in [9.17, 15) is 19.2 Å². The average Bonchev–Trinajstić information content (AvgIpc) is 0.995. The first-order valence-corrected chi connectivity index (χ1v) is 43.9. The molecule has 0 spiro atoms. The van der Waals surface area contributed by atoms with Crippen molar-refractivity contribution < 1.29 is 76.0 Å². The van der Waals surface area contributed by atoms with Gasteiger partial charge in [0.05, 0.1) is 159 Å². The predicted octanol–water partition coefficient (Wildman–Crippen LogP) is 13.8. The van der Waals surface area contributed by atoms with Gasteiger partial charge in [-0.3, -0.25) is 29.0 Å². The van der Waals surface area contributed by atoms with E-state index in [1.54, 1.807) is 0 Å². The van der Waals surface area contributed by atoms with Crippen LogP contribution < -0.4 is 0 Å². The topological polar surface area (TPSA) is 198 Å². The van der Waals surface area contributed by atoms with E-state index >= 15 is 0 Å². The maximum Gasteiger partial charge on any atom is 0.222 e. The molecule has 0 aromatic heterocycles. The molecule has 0 aromatic rings. The van der Waals surface area contributed by atoms with Crippen LogP contribution >= 0.6 is 0 Å². The van der Waals surface area contributed by atoms with E-state index in [1.807, 2.05) is 19.6 Å². The number of amides is 4. The third-order valence-corrected chi connectivity index (χ3v) is 20.6. The van der Waals surface area contributed by atoms with Gasteiger partial charge in [-0.15, -0.1) is 0 Å². The van der Waals surface area contributed by atoms with Crippen LogP contribution in [0.3, 0.4) is 0 Å². The molecule has 4 amide bonds. The normalized spacial score (nSPS) is 18.8. The van der Waals surface area contributed by atoms with Gasteiger partial charge in [0.1, 0.15) is 0 Å². The first-order chi connectivity index (χ1) is 52.4. The Balaban J connectivity index is 1.15. The summed E-state index contributed by atoms with van der Waals surface area (Å²) in [6.07, 6.45) is 45.4. The molecule has 3 aliphatic heterocycles. The number of nitrogens with zero attached hydrogens (tertiary/aromatic N) is 6. The summed E-state index contributed by atoms with van der Waals surface area (Å²) in [4.78, 5) is 65.4. The molecule has 106 heavy (non-hydrogen) atoms. The van der Waals surface area contributed by atoms with Crippen LogP contribution in [0.2, 0.25) is 0 Å². The summed E-state index contributed by atoms with van der Waals surface area (Å²) in [7, 11) is 0. The van der Waals surface area contributed by atoms with Gasteiger partial charge in [-0.1, -0.05) is 206 Å². The Labute approximate surface area is 647 Å². The van der Waals surface area contributed by atoms with Gasteiger partial charge in [0.25, 0.3) is 0 Å². The summed E-state index contributed by atoms with van der Waals surface area (Å²) < 4.78 is 71.3. The van der Waals surface area contributed by atoms with E-state index in [1.165, 1.54) is 167 Å². The van der Waals surface area contributed by atoms with Crippen molar-refractivity contribution in [2.75, 3.05) is 250 Å². The lowest BCUT2D eigenvalue weighted by Gasteiger charge is -2.24. The summed E-state index contributed by atoms with van der Waals surface area (Å²) in [5.41, 5.74) is 0. The lowest BCUT2D eigenvalue weighted by molar-refractivity contribution is -0.134. The molecule has 3 fully saturated rings. The molecule has 3 saturated heterocycles. The largest absolute Gasteiger partial charge is 0.378 e. The Morgan fingerprint density at radius 2 is 0.321 bits per heavy atom. The highest BCUT2D eigenvalue weighted by atomic mass is 16.5. The van der Waals surface area contributed by atoms with E-state index in [2.05, 4.69) is 23.6 Å². The molecule has 0 N–H and O–H groups in total. The maximum atomic E-state index is 13.3. The standard InChI is InChI=1S/C84H162N6O16/c1-3-5-7-9-11-15-21-27-33-39-81(91)87-49-61-99-73-77-103-65-53-89(54-66-104-78-74-100-62-50-87)83(93)41-35-29-23-17-13-19-25-31-37-43-85-45-57-95-69-71-97-59-47-86(48-60-98-72-70-96-58-46-85)44-38-32-26-20-14-18-24-30-36-42-84(94)90-55-67-105-79-75-101-63-51-88(52-64-102-76-80-106-68-56-90)82(92)40-34-28-22-16-12-10-8-6-4-2/h3-80H2,1-2H3. The van der Waals surface area contributed by atoms with Gasteiger partial charge in [-0.25, -0.2) is 0 Å². The molecule has 0 radical (unpaired) electrons. The lowest BCUT2D eigenvalue weighted by Crippen LogP contribution is -2.38. The fourth-order valence-corrected chi connectivity index (χ4v) is 13.7. The summed E-state index contributed by atoms with van der Waals surface area (Å²) >= 11 is 0. The molecule has 0 aliphatic carbocycles. The quantitative estimate of drug-likeness (QED) is 0.0521. The molecule has 22 heteroatoms. The molecule has 0 unspecified atom stereocenters. The number of ether oxygens (including phenoxy) is 12. The molecule has 0 atom stereocenters. The van der Waals surface area contributed by atoms with Crippen LogP contribution in [0, 0.1) is 0 Å². The van der Waals surface area contributed by atoms with Gasteiger partial charge in [0, 0.05) is 104 Å². The second-order valence-electron chi connectivity index (χ2n) is 29.6. The molecule has 624 valence electrons. The van der Waals surface area contributed by atoms with Crippen molar-refractivity contribution in [3.8, 4) is 0 Å². The van der Waals surface area contributed by atoms with Crippen LogP contribution in [0.1, 0.15) is 271 Å². The van der Waals surface area contributed by atoms with Crippen molar-refractivity contribution in [3.63, 3.8) is 0 Å². The number of rotatable bonds is 44. The van der Waals surface area contributed by atoms with Gasteiger partial charge in [0.2, 0.25) is 23.6 Å². The predicted molar refractivity (Wildman–Crippen MR) is 425 cm³/mol. The molecule has 3 aliphatic rings. The van der Waals surface area contributed by atoms with Crippen LogP contribution in [0.15, 0.2) is 0 Å². The summed E-state index contributed by atoms with van der Waals surface area (Å²) in [6, 6.07) is 0. The summed E-state index contributed by atoms with van der Waals surface area (Å²) in [5, 5.41) is 0. The molecule has 0 saturated carbocycles. The van der Waals surface area contributed by atoms with E-state index < -0.39 is 0 Å². The molecular weight excluding hydrogens is 1350 g/mol. The zero-order valence-electron chi connectivity index (χ0n) is 68.4. The molecule has 3 rings (SSSR count). The Kier molecular flexibility index (Phi) is 70.2. The fraction of sp³-hybridized carbons (Fsp3) is 0.952. The fourth-order valence-electron chi connectivity index (χ4n) is 13.7. The molecule has 3 heterocycles.